The van der Waals surface area contributed by atoms with Crippen molar-refractivity contribution in [3.8, 4) is 12.3 Å². The quantitative estimate of drug-likeness (QED) is 0.00908. The first-order valence-corrected chi connectivity index (χ1v) is 50.6. The molecule has 5 aliphatic carbocycles. The predicted molar refractivity (Wildman–Crippen MR) is 536 cm³/mol. The second-order valence-electron chi connectivity index (χ2n) is 48.8. The zero-order chi connectivity index (χ0) is 109. The summed E-state index contributed by atoms with van der Waals surface area (Å²) in [6.45, 7) is 64.9. The van der Waals surface area contributed by atoms with E-state index in [0.717, 1.165) is 25.7 Å². The number of nitrogens with zero attached hydrogens (tertiary/aromatic N) is 3. The van der Waals surface area contributed by atoms with Gasteiger partial charge in [0.15, 0.2) is 0 Å². The van der Waals surface area contributed by atoms with Crippen LogP contribution in [-0.2, 0) is 95.7 Å². The van der Waals surface area contributed by atoms with Crippen molar-refractivity contribution in [1.82, 2.24) is 78.5 Å². The maximum Gasteiger partial charge on any atom is 0.329 e. The van der Waals surface area contributed by atoms with E-state index in [-0.39, 0.29) is 140 Å². The molecule has 38 nitrogen and oxygen atoms in total. The third-order valence-electron chi connectivity index (χ3n) is 28.0. The van der Waals surface area contributed by atoms with Crippen molar-refractivity contribution in [3.05, 3.63) is 25.3 Å². The Hall–Kier alpha value is -11.0. The van der Waals surface area contributed by atoms with Gasteiger partial charge in [0, 0.05) is 45.7 Å². The molecule has 802 valence electrons. The number of rotatable bonds is 42. The number of esters is 4. The van der Waals surface area contributed by atoms with Gasteiger partial charge >= 0.3 is 42.0 Å². The molecular formula is C105H169N15O23. The highest BCUT2D eigenvalue weighted by Crippen LogP contribution is 2.67. The number of fused-ring (bicyclic) bond motifs is 3. The van der Waals surface area contributed by atoms with E-state index in [2.05, 4.69) is 82.9 Å². The number of nitrogens with one attached hydrogen (secondary N) is 12. The summed E-state index contributed by atoms with van der Waals surface area (Å²) in [5.41, 5.74) is -5.17. The minimum atomic E-state index is -1.19. The summed E-state index contributed by atoms with van der Waals surface area (Å²) >= 11 is 0. The van der Waals surface area contributed by atoms with Crippen LogP contribution in [-0.4, -0.2) is 263 Å². The first kappa shape index (κ1) is 121. The van der Waals surface area contributed by atoms with E-state index in [9.17, 15) is 91.1 Å². The van der Waals surface area contributed by atoms with Crippen molar-refractivity contribution in [1.29, 1.82) is 0 Å². The maximum atomic E-state index is 14.3. The number of urea groups is 3. The van der Waals surface area contributed by atoms with Gasteiger partial charge in [-0.3, -0.25) is 62.3 Å². The van der Waals surface area contributed by atoms with Gasteiger partial charge in [-0.2, -0.15) is 0 Å². The number of ketones is 3. The van der Waals surface area contributed by atoms with E-state index in [1.807, 2.05) is 69.2 Å². The summed E-state index contributed by atoms with van der Waals surface area (Å²) in [6.07, 6.45) is 12.9. The largest absolute Gasteiger partial charge is 0.464 e. The maximum absolute atomic E-state index is 14.3. The Balaban J connectivity index is 0.000000329. The number of hydrogen-bond acceptors (Lipinski definition) is 23. The molecule has 3 heterocycles. The van der Waals surface area contributed by atoms with Crippen LogP contribution < -0.4 is 63.8 Å². The normalized spacial score (nSPS) is 22.7. The Morgan fingerprint density at radius 2 is 0.748 bits per heavy atom. The second kappa shape index (κ2) is 48.3. The van der Waals surface area contributed by atoms with Crippen LogP contribution in [0.2, 0.25) is 0 Å². The molecule has 15 amide bonds. The molecule has 5 saturated carbocycles. The Morgan fingerprint density at radius 3 is 1.07 bits per heavy atom. The Labute approximate surface area is 846 Å². The van der Waals surface area contributed by atoms with Crippen LogP contribution >= 0.6 is 0 Å². The standard InChI is InChI=1S/C37H61N5O9.C35H55N5O7.C33H53N5O7/c1-19(2)26(33(48)50-20(3)4)40-34(49)41-29(35(5,6)7)32(47)42-18-22-25(37(22,11)12)27(42)30(45)39-23(17-21-13-14-21)28(44)31(46)38-16-15-24(43)51-36(8,9)10;1-14-16-17-21(24(41)28(43)36-18-15-2)37-27(42)23-22-20(35(22,12)13)19-40(23)29(44)25(32(3,4)5)38-31(46)39-26(33(6,7)8)30(45)47-34(9,10)11;1-10-12-21(25(39)28(41)34-15-11-2)35-27(40)24-22-20(33(22,8)9)16-38(24)29(42)26(32(5,6)7)37-31(44)36-23(18(3)4)30(43)45-17-19-13-14-19/h19-23,25-27,29H,13-18H2,1-12H3,(H,38,46)(H,39,45)(H2,40,41,49);1,15,20-23,25-26H,2,16-19H2,3-13H3,(H,36,43)(H,37,42)(H2,38,39,46);11,18-24,26H,2,10,12-17H2,1,3-9H3,(H,34,41)(H,35,40)(H2,36,37,44)/t22-,23-,25-,26-,27-,29+;20-,21?,22-,23-,25+,26+;20-,21?,22-,23-,24-,26+/m000/s1. The molecule has 0 spiro atoms. The second-order valence-corrected chi connectivity index (χ2v) is 48.8. The van der Waals surface area contributed by atoms with Gasteiger partial charge in [0.25, 0.3) is 17.7 Å². The molecule has 8 rings (SSSR count). The third kappa shape index (κ3) is 33.0. The number of likely N-dealkylation sites (tertiary alicyclic amines) is 3. The molecule has 8 aliphatic rings. The van der Waals surface area contributed by atoms with Gasteiger partial charge in [-0.05, 0) is 185 Å². The summed E-state index contributed by atoms with van der Waals surface area (Å²) in [5, 5.41) is 32.0. The van der Waals surface area contributed by atoms with Crippen molar-refractivity contribution in [2.24, 2.45) is 97.1 Å². The fourth-order valence-electron chi connectivity index (χ4n) is 19.2. The topological polar surface area (TPSA) is 515 Å². The van der Waals surface area contributed by atoms with Crippen LogP contribution in [0.3, 0.4) is 0 Å². The van der Waals surface area contributed by atoms with E-state index in [4.69, 9.17) is 25.4 Å². The zero-order valence-electron chi connectivity index (χ0n) is 90.7. The molecule has 0 aromatic rings. The first-order chi connectivity index (χ1) is 65.7. The first-order valence-electron chi connectivity index (χ1n) is 50.6. The Kier molecular flexibility index (Phi) is 40.8. The predicted octanol–water partition coefficient (Wildman–Crippen LogP) is 7.89. The van der Waals surface area contributed by atoms with Crippen molar-refractivity contribution in [2.75, 3.05) is 45.9 Å². The third-order valence-corrected chi connectivity index (χ3v) is 28.0. The van der Waals surface area contributed by atoms with Crippen LogP contribution in [0, 0.1) is 109 Å². The average Bonchev–Trinajstić information content (AvgIpc) is 1.53. The number of carbonyl (C=O) groups is 19. The van der Waals surface area contributed by atoms with Gasteiger partial charge in [-0.1, -0.05) is 191 Å². The molecule has 3 aliphatic heterocycles. The highest BCUT2D eigenvalue weighted by Gasteiger charge is 2.73. The lowest BCUT2D eigenvalue weighted by Crippen LogP contribution is -2.63. The highest BCUT2D eigenvalue weighted by molar-refractivity contribution is 6.39. The van der Waals surface area contributed by atoms with Gasteiger partial charge in [0.05, 0.1) is 37.3 Å². The van der Waals surface area contributed by atoms with E-state index in [1.165, 1.54) is 26.9 Å². The lowest BCUT2D eigenvalue weighted by Gasteiger charge is -2.38. The number of Topliss-reactive ketones (excluding diaryl/α,β-unsaturated/α-hetero) is 3. The summed E-state index contributed by atoms with van der Waals surface area (Å²) in [7, 11) is 0. The smallest absolute Gasteiger partial charge is 0.329 e. The van der Waals surface area contributed by atoms with Crippen molar-refractivity contribution in [2.45, 2.75) is 369 Å². The van der Waals surface area contributed by atoms with Crippen LogP contribution in [0.1, 0.15) is 279 Å². The van der Waals surface area contributed by atoms with Crippen LogP contribution in [0.15, 0.2) is 25.3 Å². The molecule has 0 aromatic carbocycles. The highest BCUT2D eigenvalue weighted by atomic mass is 16.6. The molecule has 2 unspecified atom stereocenters. The van der Waals surface area contributed by atoms with Crippen LogP contribution in [0.5, 0.6) is 0 Å². The van der Waals surface area contributed by atoms with E-state index in [1.54, 1.807) is 145 Å². The van der Waals surface area contributed by atoms with Gasteiger partial charge in [-0.25, -0.2) is 28.8 Å². The SMILES string of the molecule is C#CCCC(NC(=O)[C@@H]1[C@@H]2[C@H](CN1C(=O)[C@@H](NC(=O)N[C@H](C(=O)OC(C)(C)C)C(C)(C)C)C(C)(C)C)C2(C)C)C(=O)C(=O)NCC=C.C=CCNC(=O)C(=O)C(CCC)NC(=O)[C@@H]1[C@@H]2[C@H](CN1C(=O)[C@@H](NC(=O)N[C@H](C(=O)OCC1CC1)C(C)C)C(C)(C)C)C2(C)C.CC(C)OC(=O)[C@@H](NC(=O)N[C@H](C(=O)N1C[C@H]2[C@@H]([C@H]1C(=O)N[C@@H](CC1CC1)C(=O)C(=O)NCCC(=O)OC(C)(C)C)C2(C)C)C(C)(C)C)C(C)C. The average molecular weight is 2010 g/mol. The van der Waals surface area contributed by atoms with Gasteiger partial charge in [0.1, 0.15) is 65.6 Å². The number of carbonyl (C=O) groups excluding carboxylic acids is 19. The molecule has 38 heteroatoms. The fraction of sp³-hybridized carbons (Fsp3) is 0.762. The lowest BCUT2D eigenvalue weighted by atomic mass is 9.85. The summed E-state index contributed by atoms with van der Waals surface area (Å²) in [6, 6.07) is -14.3. The molecule has 0 aromatic heterocycles. The molecule has 0 bridgehead atoms. The molecule has 3 saturated heterocycles. The summed E-state index contributed by atoms with van der Waals surface area (Å²) < 4.78 is 21.5. The number of hydrogen-bond donors (Lipinski definition) is 12. The Morgan fingerprint density at radius 1 is 0.420 bits per heavy atom. The zero-order valence-corrected chi connectivity index (χ0v) is 90.7. The number of terminal acetylenes is 1. The van der Waals surface area contributed by atoms with E-state index < -0.39 is 218 Å². The molecule has 12 N–H and O–H groups in total. The Bertz CT molecular complexity index is 4750. The van der Waals surface area contributed by atoms with Crippen molar-refractivity contribution in [3.63, 3.8) is 0 Å². The number of amides is 15. The summed E-state index contributed by atoms with van der Waals surface area (Å²) in [5.74, 6) is -8.16. The summed E-state index contributed by atoms with van der Waals surface area (Å²) in [4.78, 5) is 257. The monoisotopic (exact) mass is 2010 g/mol. The van der Waals surface area contributed by atoms with Crippen molar-refractivity contribution >= 4 is 112 Å². The van der Waals surface area contributed by atoms with E-state index >= 15 is 0 Å². The fourth-order valence-corrected chi connectivity index (χ4v) is 19.2. The van der Waals surface area contributed by atoms with Crippen LogP contribution in [0.25, 0.3) is 0 Å². The van der Waals surface area contributed by atoms with E-state index in [0.29, 0.717) is 25.5 Å². The van der Waals surface area contributed by atoms with Crippen molar-refractivity contribution < 1.29 is 110 Å². The van der Waals surface area contributed by atoms with Gasteiger partial charge < -0.3 is 97.4 Å². The minimum Gasteiger partial charge on any atom is -0.464 e. The van der Waals surface area contributed by atoms with Gasteiger partial charge in [0.2, 0.25) is 52.8 Å². The molecule has 18 atom stereocenters. The molecular weight excluding hydrogens is 1840 g/mol. The lowest BCUT2D eigenvalue weighted by molar-refractivity contribution is -0.160. The van der Waals surface area contributed by atoms with Gasteiger partial charge in [-0.15, -0.1) is 25.5 Å². The minimum absolute atomic E-state index is 0.0184. The van der Waals surface area contributed by atoms with Crippen LogP contribution in [0.4, 0.5) is 14.4 Å². The molecule has 143 heavy (non-hydrogen) atoms. The molecule has 8 fully saturated rings. The molecule has 0 radical (unpaired) electrons. The number of ether oxygens (including phenoxy) is 4. The number of piperidine rings is 3.